The van der Waals surface area contributed by atoms with E-state index in [4.69, 9.17) is 5.73 Å². The predicted octanol–water partition coefficient (Wildman–Crippen LogP) is 3.09. The number of rotatable bonds is 8. The number of carbonyl (C=O) groups excluding carboxylic acids is 1. The van der Waals surface area contributed by atoms with Crippen molar-refractivity contribution in [2.75, 3.05) is 18.4 Å². The maximum atomic E-state index is 11.4. The van der Waals surface area contributed by atoms with Crippen molar-refractivity contribution >= 4 is 17.6 Å². The molecule has 0 heterocycles. The minimum absolute atomic E-state index is 0.0173. The van der Waals surface area contributed by atoms with E-state index in [1.165, 1.54) is 5.56 Å². The van der Waals surface area contributed by atoms with Crippen molar-refractivity contribution < 1.29 is 4.79 Å². The van der Waals surface area contributed by atoms with Gasteiger partial charge in [0.25, 0.3) is 0 Å². The van der Waals surface area contributed by atoms with Gasteiger partial charge in [0, 0.05) is 24.7 Å². The van der Waals surface area contributed by atoms with Gasteiger partial charge in [-0.15, -0.1) is 0 Å². The molecule has 5 nitrogen and oxygen atoms in total. The number of aliphatic imine (C=N–C) groups is 1. The van der Waals surface area contributed by atoms with Crippen LogP contribution in [0.1, 0.15) is 52.0 Å². The van der Waals surface area contributed by atoms with Crippen molar-refractivity contribution in [3.8, 4) is 0 Å². The number of guanidine groups is 1. The van der Waals surface area contributed by atoms with Crippen LogP contribution in [-0.4, -0.2) is 25.0 Å². The molecule has 1 unspecified atom stereocenters. The monoisotopic (exact) mass is 318 g/mol. The van der Waals surface area contributed by atoms with Crippen molar-refractivity contribution in [2.24, 2.45) is 16.6 Å². The fourth-order valence-electron chi connectivity index (χ4n) is 2.01. The Morgan fingerprint density at radius 3 is 2.43 bits per heavy atom. The molecule has 4 N–H and O–H groups in total. The molecule has 0 saturated carbocycles. The second-order valence-electron chi connectivity index (χ2n) is 6.12. The fourth-order valence-corrected chi connectivity index (χ4v) is 2.01. The van der Waals surface area contributed by atoms with E-state index < -0.39 is 0 Å². The Morgan fingerprint density at radius 1 is 1.22 bits per heavy atom. The molecular weight excluding hydrogens is 288 g/mol. The zero-order valence-corrected chi connectivity index (χ0v) is 14.7. The Balaban J connectivity index is 2.35. The molecule has 23 heavy (non-hydrogen) atoms. The highest BCUT2D eigenvalue weighted by molar-refractivity contribution is 5.92. The molecule has 1 aromatic rings. The highest BCUT2D eigenvalue weighted by atomic mass is 16.1. The van der Waals surface area contributed by atoms with Crippen LogP contribution in [0.25, 0.3) is 0 Å². The highest BCUT2D eigenvalue weighted by Gasteiger charge is 2.05. The number of amides is 1. The van der Waals surface area contributed by atoms with E-state index in [1.807, 2.05) is 26.0 Å². The number of anilines is 1. The zero-order valence-electron chi connectivity index (χ0n) is 14.7. The number of nitrogens with zero attached hydrogens (tertiary/aromatic N) is 1. The minimum atomic E-state index is 0.0173. The van der Waals surface area contributed by atoms with Crippen molar-refractivity contribution in [3.05, 3.63) is 29.8 Å². The first-order valence-electron chi connectivity index (χ1n) is 8.38. The number of benzene rings is 1. The lowest BCUT2D eigenvalue weighted by molar-refractivity contribution is -0.123. The molecule has 128 valence electrons. The van der Waals surface area contributed by atoms with E-state index in [0.29, 0.717) is 25.0 Å². The van der Waals surface area contributed by atoms with E-state index in [2.05, 4.69) is 41.6 Å². The molecule has 5 heteroatoms. The molecule has 1 rings (SSSR count). The van der Waals surface area contributed by atoms with Gasteiger partial charge in [0.05, 0.1) is 0 Å². The first-order chi connectivity index (χ1) is 10.9. The Bertz CT molecular complexity index is 508. The van der Waals surface area contributed by atoms with Crippen LogP contribution < -0.4 is 16.4 Å². The minimum Gasteiger partial charge on any atom is -0.370 e. The molecule has 0 spiro atoms. The van der Waals surface area contributed by atoms with Crippen LogP contribution in [0.3, 0.4) is 0 Å². The summed E-state index contributed by atoms with van der Waals surface area (Å²) in [6.07, 6.45) is 1.90. The zero-order chi connectivity index (χ0) is 17.2. The Kier molecular flexibility index (Phi) is 8.16. The van der Waals surface area contributed by atoms with Crippen LogP contribution in [-0.2, 0) is 4.79 Å². The summed E-state index contributed by atoms with van der Waals surface area (Å²) in [7, 11) is 0. The normalized spacial score (nSPS) is 13.0. The van der Waals surface area contributed by atoms with Crippen molar-refractivity contribution in [1.29, 1.82) is 0 Å². The summed E-state index contributed by atoms with van der Waals surface area (Å²) in [5.74, 6) is 1.05. The average molecular weight is 318 g/mol. The lowest BCUT2D eigenvalue weighted by atomic mass is 9.99. The smallest absolute Gasteiger partial charge is 0.222 e. The van der Waals surface area contributed by atoms with Crippen LogP contribution in [0.5, 0.6) is 0 Å². The van der Waals surface area contributed by atoms with Gasteiger partial charge in [-0.3, -0.25) is 9.79 Å². The summed E-state index contributed by atoms with van der Waals surface area (Å²) < 4.78 is 0. The second-order valence-corrected chi connectivity index (χ2v) is 6.12. The third-order valence-electron chi connectivity index (χ3n) is 3.81. The van der Waals surface area contributed by atoms with Gasteiger partial charge in [0.15, 0.2) is 5.96 Å². The van der Waals surface area contributed by atoms with Crippen LogP contribution in [0.2, 0.25) is 0 Å². The number of hydrogen-bond donors (Lipinski definition) is 3. The third-order valence-corrected chi connectivity index (χ3v) is 3.81. The lowest BCUT2D eigenvalue weighted by Crippen LogP contribution is -2.29. The van der Waals surface area contributed by atoms with Crippen molar-refractivity contribution in [3.63, 3.8) is 0 Å². The maximum absolute atomic E-state index is 11.4. The molecule has 0 aromatic heterocycles. The summed E-state index contributed by atoms with van der Waals surface area (Å²) >= 11 is 0. The molecule has 0 fully saturated rings. The van der Waals surface area contributed by atoms with Gasteiger partial charge in [0.1, 0.15) is 0 Å². The number of nitrogens with two attached hydrogens (primary N) is 1. The molecule has 0 saturated heterocycles. The van der Waals surface area contributed by atoms with Gasteiger partial charge in [-0.2, -0.15) is 0 Å². The largest absolute Gasteiger partial charge is 0.370 e. The van der Waals surface area contributed by atoms with E-state index in [0.717, 1.165) is 18.5 Å². The van der Waals surface area contributed by atoms with Gasteiger partial charge >= 0.3 is 0 Å². The Morgan fingerprint density at radius 2 is 1.87 bits per heavy atom. The van der Waals surface area contributed by atoms with Gasteiger partial charge < -0.3 is 16.4 Å². The van der Waals surface area contributed by atoms with Crippen LogP contribution in [0, 0.1) is 5.92 Å². The first-order valence-corrected chi connectivity index (χ1v) is 8.38. The lowest BCUT2D eigenvalue weighted by Gasteiger charge is -2.11. The topological polar surface area (TPSA) is 79.5 Å². The summed E-state index contributed by atoms with van der Waals surface area (Å²) in [5.41, 5.74) is 8.14. The van der Waals surface area contributed by atoms with Gasteiger partial charge in [-0.1, -0.05) is 39.8 Å². The molecular formula is C18H30N4O. The molecule has 1 aromatic carbocycles. The standard InChI is InChI=1S/C18H30N4O/c1-5-14(4)15-7-9-16(10-8-15)22-18(19)21-12-6-11-20-17(23)13(2)3/h7-10,13-14H,5-6,11-12H2,1-4H3,(H,20,23)(H3,19,21,22). The molecule has 0 radical (unpaired) electrons. The highest BCUT2D eigenvalue weighted by Crippen LogP contribution is 2.20. The molecule has 1 amide bonds. The Labute approximate surface area is 139 Å². The van der Waals surface area contributed by atoms with Crippen LogP contribution in [0.15, 0.2) is 29.3 Å². The van der Waals surface area contributed by atoms with Gasteiger partial charge in [-0.05, 0) is 36.5 Å². The summed E-state index contributed by atoms with van der Waals surface area (Å²) in [6, 6.07) is 8.27. The molecule has 0 aliphatic heterocycles. The van der Waals surface area contributed by atoms with Gasteiger partial charge in [0.2, 0.25) is 5.91 Å². The van der Waals surface area contributed by atoms with E-state index in [-0.39, 0.29) is 11.8 Å². The molecule has 0 bridgehead atoms. The molecule has 1 atom stereocenters. The number of nitrogens with one attached hydrogen (secondary N) is 2. The van der Waals surface area contributed by atoms with E-state index in [9.17, 15) is 4.79 Å². The van der Waals surface area contributed by atoms with Crippen LogP contribution >= 0.6 is 0 Å². The van der Waals surface area contributed by atoms with Gasteiger partial charge in [-0.25, -0.2) is 0 Å². The fraction of sp³-hybridized carbons (Fsp3) is 0.556. The first kappa shape index (κ1) is 19.0. The Hall–Kier alpha value is -2.04. The molecule has 0 aliphatic carbocycles. The van der Waals surface area contributed by atoms with Crippen molar-refractivity contribution in [2.45, 2.75) is 46.5 Å². The quantitative estimate of drug-likeness (QED) is 0.391. The van der Waals surface area contributed by atoms with E-state index in [1.54, 1.807) is 0 Å². The molecule has 0 aliphatic rings. The summed E-state index contributed by atoms with van der Waals surface area (Å²) in [5, 5.41) is 5.94. The van der Waals surface area contributed by atoms with E-state index >= 15 is 0 Å². The number of carbonyl (C=O) groups is 1. The third kappa shape index (κ3) is 7.17. The SMILES string of the molecule is CCC(C)c1ccc(NC(N)=NCCCNC(=O)C(C)C)cc1. The predicted molar refractivity (Wildman–Crippen MR) is 97.7 cm³/mol. The maximum Gasteiger partial charge on any atom is 0.222 e. The number of hydrogen-bond acceptors (Lipinski definition) is 2. The second kappa shape index (κ2) is 9.87. The van der Waals surface area contributed by atoms with Crippen molar-refractivity contribution in [1.82, 2.24) is 5.32 Å². The summed E-state index contributed by atoms with van der Waals surface area (Å²) in [6.45, 7) is 9.37. The average Bonchev–Trinajstić information content (AvgIpc) is 2.54. The van der Waals surface area contributed by atoms with Crippen LogP contribution in [0.4, 0.5) is 5.69 Å². The summed E-state index contributed by atoms with van der Waals surface area (Å²) in [4.78, 5) is 15.7.